The second kappa shape index (κ2) is 7.97. The van der Waals surface area contributed by atoms with Gasteiger partial charge in [-0.2, -0.15) is 9.78 Å². The maximum Gasteiger partial charge on any atom is 0.271 e. The van der Waals surface area contributed by atoms with E-state index in [1.54, 1.807) is 19.1 Å². The van der Waals surface area contributed by atoms with Gasteiger partial charge in [0, 0.05) is 18.0 Å². The number of fused-ring (bicyclic) bond motifs is 1. The van der Waals surface area contributed by atoms with Crippen molar-refractivity contribution in [3.63, 3.8) is 0 Å². The van der Waals surface area contributed by atoms with Crippen molar-refractivity contribution < 1.29 is 13.5 Å². The van der Waals surface area contributed by atoms with Crippen LogP contribution in [0.4, 0.5) is 20.4 Å². The van der Waals surface area contributed by atoms with Crippen LogP contribution >= 0.6 is 0 Å². The predicted molar refractivity (Wildman–Crippen MR) is 112 cm³/mol. The minimum absolute atomic E-state index is 0.0144. The van der Waals surface area contributed by atoms with Gasteiger partial charge in [0.15, 0.2) is 5.82 Å². The van der Waals surface area contributed by atoms with Gasteiger partial charge in [0.2, 0.25) is 5.95 Å². The molecule has 5 rings (SSSR count). The largest absolute Gasteiger partial charge is 0.371 e. The summed E-state index contributed by atoms with van der Waals surface area (Å²) in [7, 11) is 0. The van der Waals surface area contributed by atoms with Crippen LogP contribution in [0.3, 0.4) is 0 Å². The third-order valence-electron chi connectivity index (χ3n) is 5.32. The minimum atomic E-state index is -0.574. The van der Waals surface area contributed by atoms with Gasteiger partial charge in [-0.05, 0) is 48.4 Å². The standard InChI is InChI=1S/C22H18F2N6O2/c1-13-9-16(24)18(30-21(31)3-2-8-25-30)10-17(13)26-22-28-27-20-12-32-11-19(29(20)22)14-4-6-15(23)7-5-14/h2-10,19H,11-12H2,1H3,(H,26,28)/t19-/m0/s1. The van der Waals surface area contributed by atoms with E-state index in [1.165, 1.54) is 42.6 Å². The number of nitrogens with zero attached hydrogens (tertiary/aromatic N) is 5. The van der Waals surface area contributed by atoms with E-state index in [-0.39, 0.29) is 24.2 Å². The van der Waals surface area contributed by atoms with Crippen molar-refractivity contribution in [2.75, 3.05) is 11.9 Å². The molecule has 0 fully saturated rings. The van der Waals surface area contributed by atoms with Crippen LogP contribution in [0.15, 0.2) is 59.5 Å². The minimum Gasteiger partial charge on any atom is -0.371 e. The average molecular weight is 436 g/mol. The van der Waals surface area contributed by atoms with E-state index >= 15 is 0 Å². The first kappa shape index (κ1) is 20.0. The summed E-state index contributed by atoms with van der Waals surface area (Å²) in [6.45, 7) is 2.39. The number of anilines is 2. The Morgan fingerprint density at radius 1 is 1.12 bits per heavy atom. The summed E-state index contributed by atoms with van der Waals surface area (Å²) < 4.78 is 36.6. The fraction of sp³-hybridized carbons (Fsp3) is 0.182. The molecule has 0 aliphatic carbocycles. The molecular formula is C22H18F2N6O2. The summed E-state index contributed by atoms with van der Waals surface area (Å²) >= 11 is 0. The van der Waals surface area contributed by atoms with E-state index in [1.807, 2.05) is 4.57 Å². The van der Waals surface area contributed by atoms with Gasteiger partial charge in [-0.25, -0.2) is 8.78 Å². The van der Waals surface area contributed by atoms with Gasteiger partial charge in [-0.15, -0.1) is 10.2 Å². The first-order valence-corrected chi connectivity index (χ1v) is 9.90. The molecule has 8 nitrogen and oxygen atoms in total. The number of ether oxygens (including phenoxy) is 1. The molecule has 32 heavy (non-hydrogen) atoms. The summed E-state index contributed by atoms with van der Waals surface area (Å²) in [6, 6.07) is 11.5. The first-order valence-electron chi connectivity index (χ1n) is 9.90. The van der Waals surface area contributed by atoms with Crippen LogP contribution in [0, 0.1) is 18.6 Å². The van der Waals surface area contributed by atoms with Crippen molar-refractivity contribution >= 4 is 11.6 Å². The van der Waals surface area contributed by atoms with Crippen LogP contribution in [-0.2, 0) is 11.3 Å². The number of rotatable bonds is 4. The summed E-state index contributed by atoms with van der Waals surface area (Å²) in [5.41, 5.74) is 1.55. The summed E-state index contributed by atoms with van der Waals surface area (Å²) in [5.74, 6) is 0.127. The monoisotopic (exact) mass is 436 g/mol. The molecule has 0 saturated carbocycles. The topological polar surface area (TPSA) is 86.9 Å². The Hall–Kier alpha value is -3.92. The number of benzene rings is 2. The third kappa shape index (κ3) is 3.54. The molecule has 0 unspecified atom stereocenters. The smallest absolute Gasteiger partial charge is 0.271 e. The molecule has 162 valence electrons. The molecule has 1 atom stereocenters. The van der Waals surface area contributed by atoms with Crippen molar-refractivity contribution in [3.05, 3.63) is 93.7 Å². The lowest BCUT2D eigenvalue weighted by molar-refractivity contribution is 0.0670. The molecule has 1 aliphatic rings. The highest BCUT2D eigenvalue weighted by molar-refractivity contribution is 5.63. The zero-order chi connectivity index (χ0) is 22.2. The molecule has 1 N–H and O–H groups in total. The van der Waals surface area contributed by atoms with Gasteiger partial charge in [-0.3, -0.25) is 9.36 Å². The molecule has 2 aromatic heterocycles. The maximum atomic E-state index is 14.7. The first-order chi connectivity index (χ1) is 15.5. The van der Waals surface area contributed by atoms with Gasteiger partial charge in [-0.1, -0.05) is 12.1 Å². The fourth-order valence-corrected chi connectivity index (χ4v) is 3.72. The van der Waals surface area contributed by atoms with Crippen molar-refractivity contribution in [1.82, 2.24) is 24.5 Å². The lowest BCUT2D eigenvalue weighted by Gasteiger charge is -2.27. The Balaban J connectivity index is 1.55. The average Bonchev–Trinajstić information content (AvgIpc) is 3.20. The number of hydrogen-bond acceptors (Lipinski definition) is 6. The highest BCUT2D eigenvalue weighted by atomic mass is 19.1. The molecule has 0 saturated heterocycles. The van der Waals surface area contributed by atoms with Gasteiger partial charge in [0.25, 0.3) is 5.56 Å². The van der Waals surface area contributed by atoms with Crippen molar-refractivity contribution in [2.24, 2.45) is 0 Å². The fourth-order valence-electron chi connectivity index (χ4n) is 3.72. The number of halogens is 2. The van der Waals surface area contributed by atoms with Crippen molar-refractivity contribution in [2.45, 2.75) is 19.6 Å². The van der Waals surface area contributed by atoms with E-state index in [0.29, 0.717) is 29.6 Å². The Morgan fingerprint density at radius 2 is 1.94 bits per heavy atom. The second-order valence-electron chi connectivity index (χ2n) is 7.41. The van der Waals surface area contributed by atoms with Crippen LogP contribution < -0.4 is 10.9 Å². The zero-order valence-electron chi connectivity index (χ0n) is 17.0. The van der Waals surface area contributed by atoms with E-state index in [2.05, 4.69) is 20.6 Å². The molecule has 3 heterocycles. The Morgan fingerprint density at radius 3 is 2.72 bits per heavy atom. The molecule has 1 aliphatic heterocycles. The van der Waals surface area contributed by atoms with Crippen LogP contribution in [0.5, 0.6) is 0 Å². The van der Waals surface area contributed by atoms with E-state index in [0.717, 1.165) is 10.2 Å². The van der Waals surface area contributed by atoms with Crippen LogP contribution in [0.25, 0.3) is 5.69 Å². The van der Waals surface area contributed by atoms with Gasteiger partial charge in [0.1, 0.15) is 23.9 Å². The predicted octanol–water partition coefficient (Wildman–Crippen LogP) is 3.27. The molecule has 0 spiro atoms. The number of hydrogen-bond donors (Lipinski definition) is 1. The lowest BCUT2D eigenvalue weighted by Crippen LogP contribution is -2.26. The van der Waals surface area contributed by atoms with E-state index in [4.69, 9.17) is 4.74 Å². The van der Waals surface area contributed by atoms with Crippen molar-refractivity contribution in [1.29, 1.82) is 0 Å². The molecule has 0 bridgehead atoms. The van der Waals surface area contributed by atoms with Crippen LogP contribution in [0.2, 0.25) is 0 Å². The molecular weight excluding hydrogens is 418 g/mol. The quantitative estimate of drug-likeness (QED) is 0.529. The Labute approximate surface area is 181 Å². The molecule has 4 aromatic rings. The number of nitrogens with one attached hydrogen (secondary N) is 1. The van der Waals surface area contributed by atoms with Crippen LogP contribution in [-0.4, -0.2) is 31.2 Å². The number of aryl methyl sites for hydroxylation is 1. The lowest BCUT2D eigenvalue weighted by atomic mass is 10.1. The Kier molecular flexibility index (Phi) is 4.98. The molecule has 10 heteroatoms. The highest BCUT2D eigenvalue weighted by Gasteiger charge is 2.27. The maximum absolute atomic E-state index is 14.7. The SMILES string of the molecule is Cc1cc(F)c(-n2ncccc2=O)cc1Nc1nnc2n1[C@H](c1ccc(F)cc1)COC2. The summed E-state index contributed by atoms with van der Waals surface area (Å²) in [6.07, 6.45) is 1.41. The van der Waals surface area contributed by atoms with Gasteiger partial charge < -0.3 is 10.1 Å². The molecule has 0 radical (unpaired) electrons. The summed E-state index contributed by atoms with van der Waals surface area (Å²) in [4.78, 5) is 12.1. The van der Waals surface area contributed by atoms with Gasteiger partial charge >= 0.3 is 0 Å². The Bertz CT molecular complexity index is 1350. The van der Waals surface area contributed by atoms with E-state index in [9.17, 15) is 13.6 Å². The summed E-state index contributed by atoms with van der Waals surface area (Å²) in [5, 5.41) is 15.6. The zero-order valence-corrected chi connectivity index (χ0v) is 17.0. The van der Waals surface area contributed by atoms with Crippen molar-refractivity contribution in [3.8, 4) is 5.69 Å². The third-order valence-corrected chi connectivity index (χ3v) is 5.32. The normalized spacial score (nSPS) is 15.4. The van der Waals surface area contributed by atoms with Crippen LogP contribution in [0.1, 0.15) is 23.0 Å². The number of aromatic nitrogens is 5. The van der Waals surface area contributed by atoms with E-state index < -0.39 is 11.4 Å². The molecule has 0 amide bonds. The second-order valence-corrected chi connectivity index (χ2v) is 7.41. The van der Waals surface area contributed by atoms with Gasteiger partial charge in [0.05, 0.1) is 12.6 Å². The highest BCUT2D eigenvalue weighted by Crippen LogP contribution is 2.31. The molecule has 2 aromatic carbocycles.